The first-order chi connectivity index (χ1) is 14.4. The number of halogens is 1. The Bertz CT molecular complexity index is 903. The molecule has 3 aromatic carbocycles. The highest BCUT2D eigenvalue weighted by Gasteiger charge is 2.28. The van der Waals surface area contributed by atoms with Crippen molar-refractivity contribution < 1.29 is 4.39 Å². The predicted octanol–water partition coefficient (Wildman–Crippen LogP) is 8.11. The van der Waals surface area contributed by atoms with Crippen molar-refractivity contribution in [2.75, 3.05) is 0 Å². The Morgan fingerprint density at radius 1 is 0.733 bits per heavy atom. The van der Waals surface area contributed by atoms with E-state index in [9.17, 15) is 4.39 Å². The molecule has 0 aliphatic rings. The summed E-state index contributed by atoms with van der Waals surface area (Å²) >= 11 is 0. The van der Waals surface area contributed by atoms with Gasteiger partial charge in [0.15, 0.2) is 0 Å². The van der Waals surface area contributed by atoms with E-state index >= 15 is 0 Å². The summed E-state index contributed by atoms with van der Waals surface area (Å²) < 4.78 is 13.5. The standard InChI is InChI=1S/C29H35F/c1-5-11-24(20-23-16-18-25(30)19-17-23)27(21-22-12-7-6-8-13-22)26-14-9-10-15-28(26)29(2,3)4/h6-10,12-19,24,27H,5,11,20-21H2,1-4H3. The maximum absolute atomic E-state index is 13.5. The fourth-order valence-electron chi connectivity index (χ4n) is 4.64. The highest BCUT2D eigenvalue weighted by atomic mass is 19.1. The van der Waals surface area contributed by atoms with Crippen molar-refractivity contribution >= 4 is 0 Å². The normalized spacial score (nSPS) is 13.8. The molecule has 30 heavy (non-hydrogen) atoms. The third-order valence-corrected chi connectivity index (χ3v) is 6.11. The molecule has 0 spiro atoms. The average Bonchev–Trinajstić information content (AvgIpc) is 2.73. The summed E-state index contributed by atoms with van der Waals surface area (Å²) in [5, 5.41) is 0. The van der Waals surface area contributed by atoms with Crippen LogP contribution < -0.4 is 0 Å². The second kappa shape index (κ2) is 10.1. The zero-order chi connectivity index (χ0) is 21.6. The van der Waals surface area contributed by atoms with E-state index < -0.39 is 0 Å². The lowest BCUT2D eigenvalue weighted by Gasteiger charge is -2.33. The molecule has 3 aromatic rings. The molecule has 2 unspecified atom stereocenters. The molecule has 0 aromatic heterocycles. The lowest BCUT2D eigenvalue weighted by atomic mass is 9.71. The molecule has 0 aliphatic carbocycles. The van der Waals surface area contributed by atoms with Gasteiger partial charge >= 0.3 is 0 Å². The van der Waals surface area contributed by atoms with Gasteiger partial charge in [0.2, 0.25) is 0 Å². The zero-order valence-electron chi connectivity index (χ0n) is 18.9. The monoisotopic (exact) mass is 402 g/mol. The van der Waals surface area contributed by atoms with Crippen LogP contribution in [0.1, 0.15) is 68.7 Å². The summed E-state index contributed by atoms with van der Waals surface area (Å²) in [6, 6.07) is 26.9. The second-order valence-corrected chi connectivity index (χ2v) is 9.51. The van der Waals surface area contributed by atoms with Crippen molar-refractivity contribution in [3.8, 4) is 0 Å². The quantitative estimate of drug-likeness (QED) is 0.357. The molecule has 0 bridgehead atoms. The van der Waals surface area contributed by atoms with Gasteiger partial charge in [-0.25, -0.2) is 4.39 Å². The third-order valence-electron chi connectivity index (χ3n) is 6.11. The highest BCUT2D eigenvalue weighted by molar-refractivity contribution is 5.37. The molecule has 0 fully saturated rings. The van der Waals surface area contributed by atoms with E-state index in [1.54, 1.807) is 12.1 Å². The molecular formula is C29H35F. The summed E-state index contributed by atoms with van der Waals surface area (Å²) in [6.45, 7) is 9.19. The minimum atomic E-state index is -0.162. The first-order valence-corrected chi connectivity index (χ1v) is 11.3. The number of rotatable bonds is 8. The van der Waals surface area contributed by atoms with E-state index in [2.05, 4.69) is 82.3 Å². The number of benzene rings is 3. The lowest BCUT2D eigenvalue weighted by molar-refractivity contribution is 0.379. The van der Waals surface area contributed by atoms with Crippen LogP contribution in [-0.4, -0.2) is 0 Å². The second-order valence-electron chi connectivity index (χ2n) is 9.51. The first-order valence-electron chi connectivity index (χ1n) is 11.3. The molecule has 0 heterocycles. The van der Waals surface area contributed by atoms with Crippen molar-refractivity contribution in [3.63, 3.8) is 0 Å². The molecule has 0 saturated carbocycles. The minimum absolute atomic E-state index is 0.0954. The molecule has 3 rings (SSSR count). The smallest absolute Gasteiger partial charge is 0.123 e. The van der Waals surface area contributed by atoms with Gasteiger partial charge in [0.1, 0.15) is 5.82 Å². The van der Waals surface area contributed by atoms with E-state index in [0.29, 0.717) is 11.8 Å². The van der Waals surface area contributed by atoms with Crippen LogP contribution in [0.15, 0.2) is 78.9 Å². The molecule has 2 atom stereocenters. The van der Waals surface area contributed by atoms with Gasteiger partial charge in [-0.15, -0.1) is 0 Å². The van der Waals surface area contributed by atoms with Gasteiger partial charge in [-0.1, -0.05) is 101 Å². The molecule has 0 nitrogen and oxygen atoms in total. The van der Waals surface area contributed by atoms with Crippen molar-refractivity contribution in [2.45, 2.75) is 64.7 Å². The van der Waals surface area contributed by atoms with Crippen LogP contribution in [0.3, 0.4) is 0 Å². The Labute approximate surface area is 182 Å². The van der Waals surface area contributed by atoms with Gasteiger partial charge in [0.05, 0.1) is 0 Å². The summed E-state index contributed by atoms with van der Waals surface area (Å²) in [5.41, 5.74) is 5.60. The van der Waals surface area contributed by atoms with Gasteiger partial charge < -0.3 is 0 Å². The van der Waals surface area contributed by atoms with Crippen molar-refractivity contribution in [2.24, 2.45) is 5.92 Å². The van der Waals surface area contributed by atoms with Crippen LogP contribution in [0.25, 0.3) is 0 Å². The van der Waals surface area contributed by atoms with Crippen molar-refractivity contribution in [3.05, 3.63) is 107 Å². The van der Waals surface area contributed by atoms with Crippen LogP contribution in [0, 0.1) is 11.7 Å². The summed E-state index contributed by atoms with van der Waals surface area (Å²) in [4.78, 5) is 0. The van der Waals surface area contributed by atoms with Gasteiger partial charge in [-0.2, -0.15) is 0 Å². The molecule has 1 heteroatoms. The Kier molecular flexibility index (Phi) is 7.48. The lowest BCUT2D eigenvalue weighted by Crippen LogP contribution is -2.23. The molecule has 0 amide bonds. The SMILES string of the molecule is CCCC(Cc1ccc(F)cc1)C(Cc1ccccc1)c1ccccc1C(C)(C)C. The Morgan fingerprint density at radius 3 is 1.97 bits per heavy atom. The van der Waals surface area contributed by atoms with Gasteiger partial charge in [-0.3, -0.25) is 0 Å². The average molecular weight is 403 g/mol. The molecule has 0 aliphatic heterocycles. The highest BCUT2D eigenvalue weighted by Crippen LogP contribution is 2.39. The fourth-order valence-corrected chi connectivity index (χ4v) is 4.64. The number of hydrogen-bond acceptors (Lipinski definition) is 0. The summed E-state index contributed by atoms with van der Waals surface area (Å²) in [7, 11) is 0. The van der Waals surface area contributed by atoms with Gasteiger partial charge in [0.25, 0.3) is 0 Å². The van der Waals surface area contributed by atoms with Crippen LogP contribution in [0.5, 0.6) is 0 Å². The van der Waals surface area contributed by atoms with E-state index in [4.69, 9.17) is 0 Å². The maximum atomic E-state index is 13.5. The third kappa shape index (κ3) is 5.81. The van der Waals surface area contributed by atoms with Crippen molar-refractivity contribution in [1.82, 2.24) is 0 Å². The predicted molar refractivity (Wildman–Crippen MR) is 127 cm³/mol. The zero-order valence-corrected chi connectivity index (χ0v) is 18.9. The minimum Gasteiger partial charge on any atom is -0.207 e. The first kappa shape index (κ1) is 22.3. The Balaban J connectivity index is 2.04. The summed E-state index contributed by atoms with van der Waals surface area (Å²) in [6.07, 6.45) is 4.31. The topological polar surface area (TPSA) is 0 Å². The van der Waals surface area contributed by atoms with E-state index in [1.807, 2.05) is 12.1 Å². The maximum Gasteiger partial charge on any atom is 0.123 e. The van der Waals surface area contributed by atoms with Crippen LogP contribution in [0.4, 0.5) is 4.39 Å². The Morgan fingerprint density at radius 2 is 1.33 bits per heavy atom. The van der Waals surface area contributed by atoms with Crippen molar-refractivity contribution in [1.29, 1.82) is 0 Å². The van der Waals surface area contributed by atoms with E-state index in [-0.39, 0.29) is 11.2 Å². The summed E-state index contributed by atoms with van der Waals surface area (Å²) in [5.74, 6) is 0.765. The van der Waals surface area contributed by atoms with E-state index in [0.717, 1.165) is 25.7 Å². The van der Waals surface area contributed by atoms with Crippen LogP contribution >= 0.6 is 0 Å². The molecule has 158 valence electrons. The van der Waals surface area contributed by atoms with Crippen LogP contribution in [-0.2, 0) is 18.3 Å². The Hall–Kier alpha value is -2.41. The van der Waals surface area contributed by atoms with E-state index in [1.165, 1.54) is 22.3 Å². The molecule has 0 N–H and O–H groups in total. The van der Waals surface area contributed by atoms with Gasteiger partial charge in [0, 0.05) is 0 Å². The fraction of sp³-hybridized carbons (Fsp3) is 0.379. The van der Waals surface area contributed by atoms with Gasteiger partial charge in [-0.05, 0) is 70.9 Å². The molecule has 0 radical (unpaired) electrons. The molecular weight excluding hydrogens is 367 g/mol. The van der Waals surface area contributed by atoms with Crippen LogP contribution in [0.2, 0.25) is 0 Å². The number of hydrogen-bond donors (Lipinski definition) is 0. The largest absolute Gasteiger partial charge is 0.207 e. The molecule has 0 saturated heterocycles.